The second kappa shape index (κ2) is 6.74. The Morgan fingerprint density at radius 1 is 1.35 bits per heavy atom. The lowest BCUT2D eigenvalue weighted by atomic mass is 10.2. The molecule has 0 heterocycles. The van der Waals surface area contributed by atoms with Gasteiger partial charge in [0.05, 0.1) is 19.2 Å². The van der Waals surface area contributed by atoms with Crippen LogP contribution in [0.3, 0.4) is 0 Å². The number of aliphatic carboxylic acids is 1. The maximum atomic E-state index is 12.4. The summed E-state index contributed by atoms with van der Waals surface area (Å²) in [5, 5.41) is 11.0. The van der Waals surface area contributed by atoms with Crippen LogP contribution in [0.15, 0.2) is 0 Å². The summed E-state index contributed by atoms with van der Waals surface area (Å²) in [5.41, 5.74) is 0. The van der Waals surface area contributed by atoms with Crippen molar-refractivity contribution in [2.75, 3.05) is 13.2 Å². The number of carboxylic acid groups (broad SMARTS) is 1. The molecule has 0 aliphatic rings. The normalized spacial score (nSPS) is 15.0. The Morgan fingerprint density at radius 2 is 1.82 bits per heavy atom. The van der Waals surface area contributed by atoms with Crippen LogP contribution >= 0.6 is 7.60 Å². The third-order valence-corrected chi connectivity index (χ3v) is 4.97. The molecule has 1 amide bonds. The van der Waals surface area contributed by atoms with Crippen LogP contribution in [-0.4, -0.2) is 30.9 Å². The van der Waals surface area contributed by atoms with Crippen LogP contribution in [0.5, 0.6) is 0 Å². The van der Waals surface area contributed by atoms with Crippen molar-refractivity contribution in [1.82, 2.24) is 5.32 Å². The zero-order valence-electron chi connectivity index (χ0n) is 10.1. The van der Waals surface area contributed by atoms with Gasteiger partial charge in [-0.15, -0.1) is 0 Å². The van der Waals surface area contributed by atoms with Crippen LogP contribution in [0.4, 0.5) is 0 Å². The highest BCUT2D eigenvalue weighted by molar-refractivity contribution is 7.56. The minimum Gasteiger partial charge on any atom is -0.547 e. The fourth-order valence-electron chi connectivity index (χ4n) is 1.38. The molecule has 0 bridgehead atoms. The van der Waals surface area contributed by atoms with E-state index in [4.69, 9.17) is 9.05 Å². The highest BCUT2D eigenvalue weighted by Gasteiger charge is 2.51. The Kier molecular flexibility index (Phi) is 6.37. The molecule has 0 aromatic rings. The largest absolute Gasteiger partial charge is 0.547 e. The highest BCUT2D eigenvalue weighted by Crippen LogP contribution is 2.59. The average molecular weight is 266 g/mol. The van der Waals surface area contributed by atoms with E-state index in [1.807, 2.05) is 5.32 Å². The van der Waals surface area contributed by atoms with Gasteiger partial charge in [0.25, 0.3) is 0 Å². The number of carbonyl (C=O) groups excluding carboxylic acids is 2. The molecule has 7 nitrogen and oxygen atoms in total. The molecule has 1 atom stereocenters. The predicted molar refractivity (Wildman–Crippen MR) is 58.1 cm³/mol. The molecule has 0 saturated heterocycles. The second-order valence-corrected chi connectivity index (χ2v) is 5.37. The molecule has 0 aromatic heterocycles. The van der Waals surface area contributed by atoms with Crippen LogP contribution in [-0.2, 0) is 23.2 Å². The number of carbonyl (C=O) groups is 2. The smallest absolute Gasteiger partial charge is 0.361 e. The maximum Gasteiger partial charge on any atom is 0.361 e. The van der Waals surface area contributed by atoms with Gasteiger partial charge in [-0.05, 0) is 20.3 Å². The second-order valence-electron chi connectivity index (χ2n) is 3.10. The highest BCUT2D eigenvalue weighted by atomic mass is 31.2. The minimum absolute atomic E-state index is 0.00710. The summed E-state index contributed by atoms with van der Waals surface area (Å²) in [7, 11) is -4.04. The number of hydrogen-bond acceptors (Lipinski definition) is 6. The van der Waals surface area contributed by atoms with Crippen LogP contribution in [0.25, 0.3) is 0 Å². The summed E-state index contributed by atoms with van der Waals surface area (Å²) in [6.07, 6.45) is -0.0324. The molecular formula is C9H17NO6P-. The van der Waals surface area contributed by atoms with Crippen molar-refractivity contribution in [2.45, 2.75) is 32.5 Å². The van der Waals surface area contributed by atoms with Crippen molar-refractivity contribution < 1.29 is 28.3 Å². The van der Waals surface area contributed by atoms with Gasteiger partial charge in [0.15, 0.2) is 5.28 Å². The van der Waals surface area contributed by atoms with Gasteiger partial charge in [-0.2, -0.15) is 0 Å². The Bertz CT molecular complexity index is 311. The van der Waals surface area contributed by atoms with E-state index in [1.165, 1.54) is 6.92 Å². The van der Waals surface area contributed by atoms with Crippen LogP contribution < -0.4 is 10.4 Å². The van der Waals surface area contributed by atoms with Gasteiger partial charge in [0, 0.05) is 0 Å². The van der Waals surface area contributed by atoms with Crippen molar-refractivity contribution in [3.05, 3.63) is 0 Å². The standard InChI is InChI=1S/C9H18NO6P/c1-4-9(8(12)13,10-7-11)17(14,15-5-2)16-6-3/h7H,4-6H2,1-3H3,(H,10,11)(H,12,13)/p-1. The Balaban J connectivity index is 5.56. The van der Waals surface area contributed by atoms with Crippen molar-refractivity contribution in [1.29, 1.82) is 0 Å². The zero-order chi connectivity index (χ0) is 13.5. The van der Waals surface area contributed by atoms with Crippen molar-refractivity contribution >= 4 is 20.0 Å². The molecule has 0 radical (unpaired) electrons. The molecule has 0 spiro atoms. The van der Waals surface area contributed by atoms with E-state index < -0.39 is 18.8 Å². The lowest BCUT2D eigenvalue weighted by Gasteiger charge is -2.38. The molecule has 0 aromatic carbocycles. The number of rotatable bonds is 9. The van der Waals surface area contributed by atoms with Crippen LogP contribution in [0.2, 0.25) is 0 Å². The summed E-state index contributed by atoms with van der Waals surface area (Å²) < 4.78 is 22.3. The molecule has 17 heavy (non-hydrogen) atoms. The SMILES string of the molecule is CCOP(=O)(OCC)C(CC)(NC=O)C(=O)[O-]. The lowest BCUT2D eigenvalue weighted by molar-refractivity contribution is -0.311. The molecular weight excluding hydrogens is 249 g/mol. The zero-order valence-corrected chi connectivity index (χ0v) is 11.0. The molecule has 0 aliphatic heterocycles. The quantitative estimate of drug-likeness (QED) is 0.460. The Labute approximate surface area is 100 Å². The predicted octanol–water partition coefficient (Wildman–Crippen LogP) is -0.145. The number of carboxylic acids is 1. The summed E-state index contributed by atoms with van der Waals surface area (Å²) in [6, 6.07) is 0. The van der Waals surface area contributed by atoms with Crippen molar-refractivity contribution in [3.8, 4) is 0 Å². The summed E-state index contributed by atoms with van der Waals surface area (Å²) in [4.78, 5) is 21.7. The first-order valence-electron chi connectivity index (χ1n) is 5.26. The van der Waals surface area contributed by atoms with Gasteiger partial charge in [-0.1, -0.05) is 6.92 Å². The van der Waals surface area contributed by atoms with Gasteiger partial charge in [0.2, 0.25) is 6.41 Å². The van der Waals surface area contributed by atoms with E-state index >= 15 is 0 Å². The van der Waals surface area contributed by atoms with Crippen LogP contribution in [0.1, 0.15) is 27.2 Å². The first-order chi connectivity index (χ1) is 7.94. The van der Waals surface area contributed by atoms with Gasteiger partial charge >= 0.3 is 7.60 Å². The van der Waals surface area contributed by atoms with Crippen molar-refractivity contribution in [3.63, 3.8) is 0 Å². The summed E-state index contributed by atoms with van der Waals surface area (Å²) in [6.45, 7) is 4.52. The molecule has 1 N–H and O–H groups in total. The Hall–Kier alpha value is -0.910. The van der Waals surface area contributed by atoms with E-state index in [1.54, 1.807) is 13.8 Å². The molecule has 0 fully saturated rings. The van der Waals surface area contributed by atoms with E-state index in [2.05, 4.69) is 0 Å². The average Bonchev–Trinajstić information content (AvgIpc) is 2.25. The Morgan fingerprint density at radius 3 is 2.06 bits per heavy atom. The molecule has 0 rings (SSSR count). The third kappa shape index (κ3) is 3.06. The number of nitrogens with one attached hydrogen (secondary N) is 1. The van der Waals surface area contributed by atoms with Gasteiger partial charge in [-0.3, -0.25) is 9.36 Å². The number of hydrogen-bond donors (Lipinski definition) is 1. The molecule has 0 aliphatic carbocycles. The van der Waals surface area contributed by atoms with E-state index in [0.29, 0.717) is 0 Å². The van der Waals surface area contributed by atoms with E-state index in [-0.39, 0.29) is 26.0 Å². The van der Waals surface area contributed by atoms with Gasteiger partial charge in [-0.25, -0.2) is 0 Å². The fraction of sp³-hybridized carbons (Fsp3) is 0.778. The van der Waals surface area contributed by atoms with Gasteiger partial charge in [0.1, 0.15) is 0 Å². The van der Waals surface area contributed by atoms with Crippen molar-refractivity contribution in [2.24, 2.45) is 0 Å². The first kappa shape index (κ1) is 16.1. The number of amides is 1. The molecule has 0 saturated carbocycles. The maximum absolute atomic E-state index is 12.4. The monoisotopic (exact) mass is 266 g/mol. The summed E-state index contributed by atoms with van der Waals surface area (Å²) >= 11 is 0. The molecule has 8 heteroatoms. The first-order valence-corrected chi connectivity index (χ1v) is 6.80. The third-order valence-electron chi connectivity index (χ3n) is 2.21. The lowest BCUT2D eigenvalue weighted by Crippen LogP contribution is -2.57. The van der Waals surface area contributed by atoms with E-state index in [9.17, 15) is 19.3 Å². The molecule has 100 valence electrons. The topological polar surface area (TPSA) is 105 Å². The summed E-state index contributed by atoms with van der Waals surface area (Å²) in [5.74, 6) is -1.70. The fourth-order valence-corrected chi connectivity index (χ4v) is 3.40. The van der Waals surface area contributed by atoms with Crippen LogP contribution in [0, 0.1) is 0 Å². The molecule has 1 unspecified atom stereocenters. The minimum atomic E-state index is -4.04. The van der Waals surface area contributed by atoms with E-state index in [0.717, 1.165) is 0 Å². The van der Waals surface area contributed by atoms with Gasteiger partial charge < -0.3 is 24.3 Å².